The van der Waals surface area contributed by atoms with Crippen LogP contribution in [0.3, 0.4) is 0 Å². The highest BCUT2D eigenvalue weighted by molar-refractivity contribution is 5.34. The minimum Gasteiger partial charge on any atom is -0.347 e. The highest BCUT2D eigenvalue weighted by Crippen LogP contribution is 2.21. The molecule has 0 amide bonds. The summed E-state index contributed by atoms with van der Waals surface area (Å²) < 4.78 is 0. The molecule has 2 heterocycles. The van der Waals surface area contributed by atoms with E-state index in [4.69, 9.17) is 4.98 Å². The molecule has 5 heteroatoms. The van der Waals surface area contributed by atoms with E-state index in [1.807, 2.05) is 20.8 Å². The van der Waals surface area contributed by atoms with E-state index >= 15 is 0 Å². The Bertz CT molecular complexity index is 685. The van der Waals surface area contributed by atoms with Crippen LogP contribution in [0.15, 0.2) is 0 Å². The maximum Gasteiger partial charge on any atom is 0.223 e. The molecule has 2 aromatic heterocycles. The number of fused-ring (bicyclic) bond motifs is 1. The van der Waals surface area contributed by atoms with Crippen molar-refractivity contribution >= 4 is 5.95 Å². The maximum absolute atomic E-state index is 4.72. The minimum absolute atomic E-state index is 0.566. The van der Waals surface area contributed by atoms with Crippen molar-refractivity contribution in [2.45, 2.75) is 59.9 Å². The standard InChI is InChI=1S/C17H23N5/c1-10-11(2)20-17(21-12(10)3)18-9-16-19-13(4)14-7-5-6-8-15(14)22-16/h5-9H2,1-4H3,(H,18,20,21). The van der Waals surface area contributed by atoms with Gasteiger partial charge in [-0.05, 0) is 64.5 Å². The van der Waals surface area contributed by atoms with E-state index < -0.39 is 0 Å². The van der Waals surface area contributed by atoms with Crippen molar-refractivity contribution in [3.63, 3.8) is 0 Å². The van der Waals surface area contributed by atoms with Gasteiger partial charge in [0.1, 0.15) is 5.82 Å². The van der Waals surface area contributed by atoms with E-state index in [-0.39, 0.29) is 0 Å². The third-order valence-corrected chi connectivity index (χ3v) is 4.47. The number of anilines is 1. The zero-order valence-electron chi connectivity index (χ0n) is 13.8. The Hall–Kier alpha value is -2.04. The SMILES string of the molecule is Cc1nc(NCc2nc(C)c3c(n2)CCCC3)nc(C)c1C. The highest BCUT2D eigenvalue weighted by Gasteiger charge is 2.15. The lowest BCUT2D eigenvalue weighted by molar-refractivity contribution is 0.648. The summed E-state index contributed by atoms with van der Waals surface area (Å²) >= 11 is 0. The number of hydrogen-bond donors (Lipinski definition) is 1. The third kappa shape index (κ3) is 2.93. The lowest BCUT2D eigenvalue weighted by atomic mass is 9.95. The van der Waals surface area contributed by atoms with Crippen LogP contribution in [0.1, 0.15) is 52.6 Å². The summed E-state index contributed by atoms with van der Waals surface area (Å²) in [7, 11) is 0. The predicted molar refractivity (Wildman–Crippen MR) is 87.0 cm³/mol. The molecule has 3 rings (SSSR count). The Labute approximate surface area is 131 Å². The van der Waals surface area contributed by atoms with Gasteiger partial charge >= 0.3 is 0 Å². The van der Waals surface area contributed by atoms with E-state index in [1.165, 1.54) is 24.1 Å². The fraction of sp³-hybridized carbons (Fsp3) is 0.529. The molecule has 22 heavy (non-hydrogen) atoms. The summed E-state index contributed by atoms with van der Waals surface area (Å²) in [5, 5.41) is 3.26. The molecular formula is C17H23N5. The number of hydrogen-bond acceptors (Lipinski definition) is 5. The quantitative estimate of drug-likeness (QED) is 0.943. The second-order valence-corrected chi connectivity index (χ2v) is 6.05. The first-order valence-corrected chi connectivity index (χ1v) is 7.95. The number of aryl methyl sites for hydroxylation is 4. The third-order valence-electron chi connectivity index (χ3n) is 4.47. The van der Waals surface area contributed by atoms with Crippen LogP contribution in [0.4, 0.5) is 5.95 Å². The zero-order chi connectivity index (χ0) is 15.7. The van der Waals surface area contributed by atoms with Gasteiger partial charge in [0.2, 0.25) is 5.95 Å². The number of nitrogens with one attached hydrogen (secondary N) is 1. The van der Waals surface area contributed by atoms with Crippen molar-refractivity contribution in [3.05, 3.63) is 39.7 Å². The van der Waals surface area contributed by atoms with Gasteiger partial charge < -0.3 is 5.32 Å². The normalized spacial score (nSPS) is 13.8. The summed E-state index contributed by atoms with van der Waals surface area (Å²) in [6.45, 7) is 8.72. The molecule has 0 aromatic carbocycles. The molecule has 116 valence electrons. The van der Waals surface area contributed by atoms with Crippen LogP contribution in [0.5, 0.6) is 0 Å². The molecule has 0 unspecified atom stereocenters. The van der Waals surface area contributed by atoms with Gasteiger partial charge in [-0.3, -0.25) is 0 Å². The van der Waals surface area contributed by atoms with E-state index in [0.717, 1.165) is 41.3 Å². The molecule has 0 saturated carbocycles. The largest absolute Gasteiger partial charge is 0.347 e. The first-order valence-electron chi connectivity index (χ1n) is 7.95. The summed E-state index contributed by atoms with van der Waals surface area (Å²) in [4.78, 5) is 18.3. The summed E-state index contributed by atoms with van der Waals surface area (Å²) in [6, 6.07) is 0. The Morgan fingerprint density at radius 2 is 1.50 bits per heavy atom. The topological polar surface area (TPSA) is 63.6 Å². The van der Waals surface area contributed by atoms with Gasteiger partial charge in [-0.1, -0.05) is 0 Å². The van der Waals surface area contributed by atoms with Crippen molar-refractivity contribution in [1.29, 1.82) is 0 Å². The van der Waals surface area contributed by atoms with Crippen molar-refractivity contribution in [2.75, 3.05) is 5.32 Å². The molecule has 0 spiro atoms. The number of nitrogens with zero attached hydrogens (tertiary/aromatic N) is 4. The fourth-order valence-electron chi connectivity index (χ4n) is 2.93. The van der Waals surface area contributed by atoms with Crippen LogP contribution in [-0.2, 0) is 19.4 Å². The van der Waals surface area contributed by atoms with Crippen molar-refractivity contribution < 1.29 is 0 Å². The van der Waals surface area contributed by atoms with Crippen LogP contribution in [0.25, 0.3) is 0 Å². The van der Waals surface area contributed by atoms with Crippen molar-refractivity contribution in [2.24, 2.45) is 0 Å². The monoisotopic (exact) mass is 297 g/mol. The van der Waals surface area contributed by atoms with Gasteiger partial charge in [-0.2, -0.15) is 0 Å². The highest BCUT2D eigenvalue weighted by atomic mass is 15.1. The Morgan fingerprint density at radius 3 is 2.23 bits per heavy atom. The van der Waals surface area contributed by atoms with E-state index in [9.17, 15) is 0 Å². The van der Waals surface area contributed by atoms with E-state index in [2.05, 4.69) is 27.2 Å². The van der Waals surface area contributed by atoms with Gasteiger partial charge in [0.25, 0.3) is 0 Å². The van der Waals surface area contributed by atoms with E-state index in [0.29, 0.717) is 12.5 Å². The lowest BCUT2D eigenvalue weighted by Crippen LogP contribution is -2.15. The van der Waals surface area contributed by atoms with Crippen molar-refractivity contribution in [1.82, 2.24) is 19.9 Å². The Morgan fingerprint density at radius 1 is 0.818 bits per heavy atom. The summed E-state index contributed by atoms with van der Waals surface area (Å²) in [6.07, 6.45) is 4.68. The van der Waals surface area contributed by atoms with Crippen LogP contribution in [0, 0.1) is 27.7 Å². The Balaban J connectivity index is 1.78. The molecule has 2 aromatic rings. The molecule has 5 nitrogen and oxygen atoms in total. The van der Waals surface area contributed by atoms with Gasteiger partial charge in [0, 0.05) is 22.8 Å². The number of rotatable bonds is 3. The summed E-state index contributed by atoms with van der Waals surface area (Å²) in [5.41, 5.74) is 6.88. The van der Waals surface area contributed by atoms with E-state index in [1.54, 1.807) is 0 Å². The average molecular weight is 297 g/mol. The van der Waals surface area contributed by atoms with Gasteiger partial charge in [0.05, 0.1) is 6.54 Å². The van der Waals surface area contributed by atoms with Gasteiger partial charge in [-0.25, -0.2) is 19.9 Å². The fourth-order valence-corrected chi connectivity index (χ4v) is 2.93. The smallest absolute Gasteiger partial charge is 0.223 e. The molecule has 1 N–H and O–H groups in total. The first kappa shape index (κ1) is 14.9. The molecule has 0 fully saturated rings. The molecule has 0 radical (unpaired) electrons. The molecular weight excluding hydrogens is 274 g/mol. The Kier molecular flexibility index (Phi) is 4.05. The minimum atomic E-state index is 0.566. The maximum atomic E-state index is 4.72. The molecule has 0 atom stereocenters. The first-order chi connectivity index (χ1) is 10.5. The van der Waals surface area contributed by atoms with Crippen LogP contribution >= 0.6 is 0 Å². The number of aromatic nitrogens is 4. The molecule has 1 aliphatic rings. The van der Waals surface area contributed by atoms with Crippen molar-refractivity contribution in [3.8, 4) is 0 Å². The molecule has 0 aliphatic heterocycles. The van der Waals surface area contributed by atoms with Crippen LogP contribution in [-0.4, -0.2) is 19.9 Å². The van der Waals surface area contributed by atoms with Crippen LogP contribution in [0.2, 0.25) is 0 Å². The lowest BCUT2D eigenvalue weighted by Gasteiger charge is -2.17. The van der Waals surface area contributed by atoms with Gasteiger partial charge in [-0.15, -0.1) is 0 Å². The molecule has 1 aliphatic carbocycles. The second-order valence-electron chi connectivity index (χ2n) is 6.05. The second kappa shape index (κ2) is 5.99. The zero-order valence-corrected chi connectivity index (χ0v) is 13.8. The predicted octanol–water partition coefficient (Wildman–Crippen LogP) is 2.99. The summed E-state index contributed by atoms with van der Waals surface area (Å²) in [5.74, 6) is 1.48. The molecule has 0 saturated heterocycles. The van der Waals surface area contributed by atoms with Gasteiger partial charge in [0.15, 0.2) is 0 Å². The molecule has 0 bridgehead atoms. The average Bonchev–Trinajstić information content (AvgIpc) is 2.50. The van der Waals surface area contributed by atoms with Crippen LogP contribution < -0.4 is 5.32 Å².